The number of halogens is 1. The van der Waals surface area contributed by atoms with Gasteiger partial charge in [0.1, 0.15) is 6.61 Å². The van der Waals surface area contributed by atoms with Crippen molar-refractivity contribution in [2.45, 2.75) is 26.9 Å². The molecule has 0 aliphatic carbocycles. The number of fused-ring (bicyclic) bond motifs is 1. The fourth-order valence-electron chi connectivity index (χ4n) is 4.16. The van der Waals surface area contributed by atoms with Crippen LogP contribution in [-0.2, 0) is 17.8 Å². The largest absolute Gasteiger partial charge is 0.490 e. The molecule has 7 heteroatoms. The van der Waals surface area contributed by atoms with Gasteiger partial charge in [-0.3, -0.25) is 4.79 Å². The number of rotatable bonds is 8. The molecule has 4 aromatic carbocycles. The van der Waals surface area contributed by atoms with Gasteiger partial charge in [-0.15, -0.1) is 0 Å². The molecule has 0 radical (unpaired) electrons. The smallest absolute Gasteiger partial charge is 0.264 e. The Hall–Kier alpha value is -3.55. The second kappa shape index (κ2) is 11.9. The molecule has 192 valence electrons. The Balaban J connectivity index is 1.37. The average Bonchev–Trinajstić information content (AvgIpc) is 3.28. The molecule has 5 rings (SSSR count). The number of amidine groups is 1. The lowest BCUT2D eigenvalue weighted by atomic mass is 10.1. The van der Waals surface area contributed by atoms with E-state index < -0.39 is 0 Å². The molecule has 1 fully saturated rings. The molecular formula is C31H27BrN2O3S. The van der Waals surface area contributed by atoms with E-state index in [9.17, 15) is 4.79 Å². The minimum absolute atomic E-state index is 0.180. The highest BCUT2D eigenvalue weighted by molar-refractivity contribution is 9.10. The molecule has 0 unspecified atom stereocenters. The van der Waals surface area contributed by atoms with Crippen LogP contribution in [-0.4, -0.2) is 17.7 Å². The summed E-state index contributed by atoms with van der Waals surface area (Å²) in [5.74, 6) is 1.08. The van der Waals surface area contributed by atoms with E-state index in [1.165, 1.54) is 22.7 Å². The zero-order chi connectivity index (χ0) is 26.5. The van der Waals surface area contributed by atoms with E-state index >= 15 is 0 Å². The molecule has 1 saturated heterocycles. The summed E-state index contributed by atoms with van der Waals surface area (Å²) in [5.41, 5.74) is 3.97. The molecule has 38 heavy (non-hydrogen) atoms. The van der Waals surface area contributed by atoms with Crippen LogP contribution < -0.4 is 14.8 Å². The lowest BCUT2D eigenvalue weighted by molar-refractivity contribution is -0.115. The fraction of sp³-hybridized carbons (Fsp3) is 0.161. The number of aryl methyl sites for hydroxylation is 1. The highest BCUT2D eigenvalue weighted by Crippen LogP contribution is 2.37. The Morgan fingerprint density at radius 1 is 0.947 bits per heavy atom. The normalized spacial score (nSPS) is 15.3. The van der Waals surface area contributed by atoms with Crippen LogP contribution in [0.25, 0.3) is 16.8 Å². The Morgan fingerprint density at radius 2 is 1.71 bits per heavy atom. The van der Waals surface area contributed by atoms with Crippen molar-refractivity contribution in [3.8, 4) is 11.5 Å². The van der Waals surface area contributed by atoms with Crippen molar-refractivity contribution >= 4 is 61.3 Å². The number of hydrogen-bond acceptors (Lipinski definition) is 5. The van der Waals surface area contributed by atoms with Crippen LogP contribution >= 0.6 is 27.7 Å². The molecule has 0 saturated carbocycles. The minimum atomic E-state index is -0.180. The van der Waals surface area contributed by atoms with E-state index in [4.69, 9.17) is 9.47 Å². The average molecular weight is 588 g/mol. The van der Waals surface area contributed by atoms with Gasteiger partial charge in [-0.05, 0) is 82.9 Å². The number of nitrogens with one attached hydrogen (secondary N) is 1. The molecule has 4 aromatic rings. The van der Waals surface area contributed by atoms with E-state index in [0.29, 0.717) is 34.8 Å². The first-order chi connectivity index (χ1) is 18.5. The molecule has 5 nitrogen and oxygen atoms in total. The number of amides is 1. The van der Waals surface area contributed by atoms with Crippen LogP contribution in [0.5, 0.6) is 11.5 Å². The van der Waals surface area contributed by atoms with E-state index in [-0.39, 0.29) is 5.91 Å². The Labute approximate surface area is 235 Å². The molecule has 1 N–H and O–H groups in total. The number of hydrogen-bond donors (Lipinski definition) is 1. The Morgan fingerprint density at radius 3 is 2.50 bits per heavy atom. The van der Waals surface area contributed by atoms with Crippen molar-refractivity contribution in [3.63, 3.8) is 0 Å². The summed E-state index contributed by atoms with van der Waals surface area (Å²) < 4.78 is 12.9. The SMILES string of the molecule is CCOc1cc(/C=C2\SC(=Nc3ccc(CC)cc3)NC2=O)c(Br)cc1OCc1cccc2ccccc12. The number of carbonyl (C=O) groups excluding carboxylic acids is 1. The van der Waals surface area contributed by atoms with Crippen LogP contribution in [0.4, 0.5) is 5.69 Å². The number of aliphatic imine (C=N–C) groups is 1. The second-order valence-corrected chi connectivity index (χ2v) is 10.6. The molecule has 0 aromatic heterocycles. The second-order valence-electron chi connectivity index (χ2n) is 8.68. The minimum Gasteiger partial charge on any atom is -0.490 e. The topological polar surface area (TPSA) is 59.9 Å². The van der Waals surface area contributed by atoms with Crippen LogP contribution in [0.2, 0.25) is 0 Å². The van der Waals surface area contributed by atoms with Gasteiger partial charge in [0, 0.05) is 4.47 Å². The molecule has 0 spiro atoms. The van der Waals surface area contributed by atoms with E-state index in [1.807, 2.05) is 67.6 Å². The van der Waals surface area contributed by atoms with Crippen LogP contribution in [0.1, 0.15) is 30.5 Å². The van der Waals surface area contributed by atoms with Crippen LogP contribution in [0.3, 0.4) is 0 Å². The van der Waals surface area contributed by atoms with Crippen molar-refractivity contribution in [2.75, 3.05) is 6.61 Å². The molecule has 0 atom stereocenters. The number of ether oxygens (including phenoxy) is 2. The van der Waals surface area contributed by atoms with Crippen molar-refractivity contribution in [1.29, 1.82) is 0 Å². The molecule has 1 aliphatic heterocycles. The Bertz CT molecular complexity index is 1540. The third-order valence-corrected chi connectivity index (χ3v) is 7.74. The lowest BCUT2D eigenvalue weighted by Crippen LogP contribution is -2.19. The number of benzene rings is 4. The summed E-state index contributed by atoms with van der Waals surface area (Å²) in [6.45, 7) is 4.95. The first-order valence-corrected chi connectivity index (χ1v) is 14.1. The maximum absolute atomic E-state index is 12.7. The number of nitrogens with zero attached hydrogens (tertiary/aromatic N) is 1. The molecule has 1 aliphatic rings. The summed E-state index contributed by atoms with van der Waals surface area (Å²) in [5, 5.41) is 5.76. The summed E-state index contributed by atoms with van der Waals surface area (Å²) in [6.07, 6.45) is 2.81. The van der Waals surface area contributed by atoms with Gasteiger partial charge < -0.3 is 14.8 Å². The van der Waals surface area contributed by atoms with Gasteiger partial charge >= 0.3 is 0 Å². The van der Waals surface area contributed by atoms with Crippen molar-refractivity contribution in [2.24, 2.45) is 4.99 Å². The third-order valence-electron chi connectivity index (χ3n) is 6.14. The van der Waals surface area contributed by atoms with Crippen LogP contribution in [0, 0.1) is 0 Å². The molecule has 0 bridgehead atoms. The predicted molar refractivity (Wildman–Crippen MR) is 160 cm³/mol. The van der Waals surface area contributed by atoms with Gasteiger partial charge in [0.2, 0.25) is 0 Å². The quantitative estimate of drug-likeness (QED) is 0.212. The van der Waals surface area contributed by atoms with Gasteiger partial charge in [-0.25, -0.2) is 4.99 Å². The maximum atomic E-state index is 12.7. The van der Waals surface area contributed by atoms with E-state index in [1.54, 1.807) is 0 Å². The lowest BCUT2D eigenvalue weighted by Gasteiger charge is -2.15. The standard InChI is InChI=1S/C31H27BrN2O3S/c1-3-20-12-14-24(15-13-20)33-31-34-30(35)29(38-31)17-23-16-27(36-4-2)28(18-26(23)32)37-19-22-10-7-9-21-8-5-6-11-25(21)22/h5-18H,3-4,19H2,1-2H3,(H,33,34,35)/b29-17-. The molecular weight excluding hydrogens is 560 g/mol. The highest BCUT2D eigenvalue weighted by atomic mass is 79.9. The third kappa shape index (κ3) is 5.95. The maximum Gasteiger partial charge on any atom is 0.264 e. The van der Waals surface area contributed by atoms with Crippen LogP contribution in [0.15, 0.2) is 93.2 Å². The van der Waals surface area contributed by atoms with Gasteiger partial charge in [-0.2, -0.15) is 0 Å². The van der Waals surface area contributed by atoms with Gasteiger partial charge in [0.15, 0.2) is 16.7 Å². The van der Waals surface area contributed by atoms with Gasteiger partial charge in [-0.1, -0.05) is 77.5 Å². The zero-order valence-electron chi connectivity index (χ0n) is 21.2. The molecule has 1 heterocycles. The van der Waals surface area contributed by atoms with Gasteiger partial charge in [0.05, 0.1) is 17.2 Å². The van der Waals surface area contributed by atoms with Crippen molar-refractivity contribution < 1.29 is 14.3 Å². The number of thioether (sulfide) groups is 1. The summed E-state index contributed by atoms with van der Waals surface area (Å²) >= 11 is 4.97. The summed E-state index contributed by atoms with van der Waals surface area (Å²) in [7, 11) is 0. The Kier molecular flexibility index (Phi) is 8.15. The van der Waals surface area contributed by atoms with E-state index in [2.05, 4.69) is 57.4 Å². The first kappa shape index (κ1) is 26.1. The fourth-order valence-corrected chi connectivity index (χ4v) is 5.43. The first-order valence-electron chi connectivity index (χ1n) is 12.5. The highest BCUT2D eigenvalue weighted by Gasteiger charge is 2.24. The van der Waals surface area contributed by atoms with Crippen molar-refractivity contribution in [3.05, 3.63) is 105 Å². The van der Waals surface area contributed by atoms with E-state index in [0.717, 1.165) is 33.1 Å². The summed E-state index contributed by atoms with van der Waals surface area (Å²) in [4.78, 5) is 17.8. The summed E-state index contributed by atoms with van der Waals surface area (Å²) in [6, 6.07) is 26.3. The number of carbonyl (C=O) groups is 1. The monoisotopic (exact) mass is 586 g/mol. The zero-order valence-corrected chi connectivity index (χ0v) is 23.6. The predicted octanol–water partition coefficient (Wildman–Crippen LogP) is 8.03. The molecule has 1 amide bonds. The van der Waals surface area contributed by atoms with Gasteiger partial charge in [0.25, 0.3) is 5.91 Å². The van der Waals surface area contributed by atoms with Crippen molar-refractivity contribution in [1.82, 2.24) is 5.32 Å².